The Hall–Kier alpha value is -1.30. The molecule has 0 aromatic heterocycles. The quantitative estimate of drug-likeness (QED) is 0.859. The van der Waals surface area contributed by atoms with Gasteiger partial charge in [0.25, 0.3) is 0 Å². The zero-order valence-electron chi connectivity index (χ0n) is 15.5. The van der Waals surface area contributed by atoms with Crippen molar-refractivity contribution in [3.05, 3.63) is 0 Å². The summed E-state index contributed by atoms with van der Waals surface area (Å²) in [6, 6.07) is 0.596. The topological polar surface area (TPSA) is 70.1 Å². The fourth-order valence-electron chi connectivity index (χ4n) is 3.38. The van der Waals surface area contributed by atoms with Gasteiger partial charge < -0.3 is 14.7 Å². The third kappa shape index (κ3) is 5.68. The maximum atomic E-state index is 12.4. The zero-order valence-corrected chi connectivity index (χ0v) is 15.5. The molecule has 6 nitrogen and oxygen atoms in total. The molecule has 2 atom stereocenters. The largest absolute Gasteiger partial charge is 0.481 e. The third-order valence-electron chi connectivity index (χ3n) is 4.04. The van der Waals surface area contributed by atoms with E-state index < -0.39 is 23.6 Å². The predicted octanol–water partition coefficient (Wildman–Crippen LogP) is 2.82. The molecule has 1 aliphatic rings. The summed E-state index contributed by atoms with van der Waals surface area (Å²) in [4.78, 5) is 27.7. The molecule has 0 unspecified atom stereocenters. The van der Waals surface area contributed by atoms with Crippen LogP contribution in [0.3, 0.4) is 0 Å². The molecular weight excluding hydrogens is 296 g/mol. The van der Waals surface area contributed by atoms with Gasteiger partial charge in [0.2, 0.25) is 0 Å². The Morgan fingerprint density at radius 2 is 1.65 bits per heavy atom. The summed E-state index contributed by atoms with van der Waals surface area (Å²) in [7, 11) is 0. The minimum Gasteiger partial charge on any atom is -0.481 e. The van der Waals surface area contributed by atoms with E-state index in [4.69, 9.17) is 4.74 Å². The lowest BCUT2D eigenvalue weighted by Gasteiger charge is -2.45. The van der Waals surface area contributed by atoms with Gasteiger partial charge in [0, 0.05) is 31.2 Å². The molecule has 0 aliphatic carbocycles. The van der Waals surface area contributed by atoms with Gasteiger partial charge in [-0.25, -0.2) is 4.79 Å². The smallest absolute Gasteiger partial charge is 0.410 e. The van der Waals surface area contributed by atoms with E-state index >= 15 is 0 Å². The van der Waals surface area contributed by atoms with Crippen LogP contribution in [0.1, 0.15) is 54.9 Å². The molecule has 1 fully saturated rings. The Balaban J connectivity index is 2.96. The normalized spacial score (nSPS) is 22.8. The average molecular weight is 328 g/mol. The van der Waals surface area contributed by atoms with Crippen LogP contribution < -0.4 is 0 Å². The van der Waals surface area contributed by atoms with Crippen LogP contribution in [0.15, 0.2) is 0 Å². The number of piperidine rings is 1. The lowest BCUT2D eigenvalue weighted by Crippen LogP contribution is -2.57. The van der Waals surface area contributed by atoms with Crippen LogP contribution in [0, 0.1) is 5.92 Å². The fraction of sp³-hybridized carbons (Fsp3) is 0.882. The van der Waals surface area contributed by atoms with Crippen molar-refractivity contribution in [1.82, 2.24) is 9.80 Å². The number of hydrogen-bond acceptors (Lipinski definition) is 4. The molecule has 23 heavy (non-hydrogen) atoms. The summed E-state index contributed by atoms with van der Waals surface area (Å²) in [5, 5.41) is 9.45. The highest BCUT2D eigenvalue weighted by molar-refractivity contribution is 5.73. The third-order valence-corrected chi connectivity index (χ3v) is 4.04. The molecule has 0 bridgehead atoms. The van der Waals surface area contributed by atoms with E-state index in [0.29, 0.717) is 13.0 Å². The molecule has 1 saturated heterocycles. The predicted molar refractivity (Wildman–Crippen MR) is 89.4 cm³/mol. The number of aliphatic carboxylic acids is 1. The number of ether oxygens (including phenoxy) is 1. The van der Waals surface area contributed by atoms with E-state index in [1.165, 1.54) is 0 Å². The maximum Gasteiger partial charge on any atom is 0.410 e. The Labute approximate surface area is 139 Å². The number of likely N-dealkylation sites (tertiary alicyclic amines) is 1. The Kier molecular flexibility index (Phi) is 6.45. The Bertz CT molecular complexity index is 421. The number of carboxylic acid groups (broad SMARTS) is 1. The summed E-state index contributed by atoms with van der Waals surface area (Å²) in [6.07, 6.45) is 0.131. The van der Waals surface area contributed by atoms with E-state index in [9.17, 15) is 14.7 Å². The van der Waals surface area contributed by atoms with Crippen molar-refractivity contribution in [1.29, 1.82) is 0 Å². The van der Waals surface area contributed by atoms with Crippen molar-refractivity contribution >= 4 is 12.1 Å². The molecule has 1 aliphatic heterocycles. The first kappa shape index (κ1) is 19.7. The molecule has 0 saturated carbocycles. The minimum absolute atomic E-state index is 0.0253. The van der Waals surface area contributed by atoms with Gasteiger partial charge in [-0.1, -0.05) is 0 Å². The van der Waals surface area contributed by atoms with Gasteiger partial charge in [-0.15, -0.1) is 0 Å². The SMILES string of the molecule is CC(C)N(C(C)C)[C@H]1C[C@@H](C(=O)O)CN(C(=O)OC(C)(C)C)C1. The van der Waals surface area contributed by atoms with Crippen LogP contribution in [-0.2, 0) is 9.53 Å². The monoisotopic (exact) mass is 328 g/mol. The van der Waals surface area contributed by atoms with Crippen LogP contribution in [0.4, 0.5) is 4.79 Å². The van der Waals surface area contributed by atoms with Crippen LogP contribution >= 0.6 is 0 Å². The Morgan fingerprint density at radius 1 is 1.13 bits per heavy atom. The van der Waals surface area contributed by atoms with Gasteiger partial charge in [0.05, 0.1) is 5.92 Å². The number of carbonyl (C=O) groups is 2. The maximum absolute atomic E-state index is 12.4. The van der Waals surface area contributed by atoms with E-state index in [1.807, 2.05) is 20.8 Å². The van der Waals surface area contributed by atoms with Crippen molar-refractivity contribution in [3.63, 3.8) is 0 Å². The second-order valence-electron chi connectivity index (χ2n) is 7.94. The minimum atomic E-state index is -0.851. The van der Waals surface area contributed by atoms with E-state index in [-0.39, 0.29) is 24.7 Å². The number of hydrogen-bond donors (Lipinski definition) is 1. The van der Waals surface area contributed by atoms with E-state index in [2.05, 4.69) is 32.6 Å². The first-order chi connectivity index (χ1) is 10.4. The second kappa shape index (κ2) is 7.51. The summed E-state index contributed by atoms with van der Waals surface area (Å²) in [5.41, 5.74) is -0.585. The average Bonchev–Trinajstić information content (AvgIpc) is 2.35. The molecule has 1 N–H and O–H groups in total. The summed E-state index contributed by atoms with van der Waals surface area (Å²) >= 11 is 0. The molecule has 0 spiro atoms. The lowest BCUT2D eigenvalue weighted by molar-refractivity contribution is -0.144. The highest BCUT2D eigenvalue weighted by atomic mass is 16.6. The molecule has 6 heteroatoms. The summed E-state index contributed by atoms with van der Waals surface area (Å²) in [5.74, 6) is -1.41. The van der Waals surface area contributed by atoms with Gasteiger partial charge in [-0.05, 0) is 54.9 Å². The number of carbonyl (C=O) groups excluding carboxylic acids is 1. The van der Waals surface area contributed by atoms with Gasteiger partial charge in [0.15, 0.2) is 0 Å². The van der Waals surface area contributed by atoms with Crippen LogP contribution in [0.2, 0.25) is 0 Å². The number of carboxylic acids is 1. The van der Waals surface area contributed by atoms with E-state index in [1.54, 1.807) is 4.90 Å². The van der Waals surface area contributed by atoms with Crippen molar-refractivity contribution in [2.45, 2.75) is 78.6 Å². The van der Waals surface area contributed by atoms with Crippen molar-refractivity contribution in [2.24, 2.45) is 5.92 Å². The molecule has 0 aromatic rings. The number of amides is 1. The summed E-state index contributed by atoms with van der Waals surface area (Å²) < 4.78 is 5.43. The molecule has 1 rings (SSSR count). The van der Waals surface area contributed by atoms with Crippen LogP contribution in [-0.4, -0.2) is 63.8 Å². The highest BCUT2D eigenvalue weighted by Gasteiger charge is 2.39. The molecule has 0 radical (unpaired) electrons. The Morgan fingerprint density at radius 3 is 2.04 bits per heavy atom. The van der Waals surface area contributed by atoms with Gasteiger partial charge >= 0.3 is 12.1 Å². The number of rotatable bonds is 4. The second-order valence-corrected chi connectivity index (χ2v) is 7.94. The van der Waals surface area contributed by atoms with Crippen molar-refractivity contribution in [3.8, 4) is 0 Å². The van der Waals surface area contributed by atoms with Gasteiger partial charge in [-0.3, -0.25) is 9.69 Å². The van der Waals surface area contributed by atoms with Crippen LogP contribution in [0.5, 0.6) is 0 Å². The summed E-state index contributed by atoms with van der Waals surface area (Å²) in [6.45, 7) is 14.6. The lowest BCUT2D eigenvalue weighted by atomic mass is 9.92. The van der Waals surface area contributed by atoms with Gasteiger partial charge in [0.1, 0.15) is 5.60 Å². The first-order valence-electron chi connectivity index (χ1n) is 8.40. The molecule has 0 aromatic carbocycles. The van der Waals surface area contributed by atoms with Gasteiger partial charge in [-0.2, -0.15) is 0 Å². The standard InChI is InChI=1S/C17H32N2O4/c1-11(2)19(12(3)4)14-8-13(15(20)21)9-18(10-14)16(22)23-17(5,6)7/h11-14H,8-10H2,1-7H3,(H,20,21)/t13-,14+/m1/s1. The molecular formula is C17H32N2O4. The van der Waals surface area contributed by atoms with E-state index in [0.717, 1.165) is 0 Å². The van der Waals surface area contributed by atoms with Crippen molar-refractivity contribution < 1.29 is 19.4 Å². The van der Waals surface area contributed by atoms with Crippen LogP contribution in [0.25, 0.3) is 0 Å². The number of nitrogens with zero attached hydrogens (tertiary/aromatic N) is 2. The molecule has 1 heterocycles. The van der Waals surface area contributed by atoms with Crippen molar-refractivity contribution in [2.75, 3.05) is 13.1 Å². The first-order valence-corrected chi connectivity index (χ1v) is 8.40. The fourth-order valence-corrected chi connectivity index (χ4v) is 3.38. The highest BCUT2D eigenvalue weighted by Crippen LogP contribution is 2.26. The molecule has 1 amide bonds. The molecule has 134 valence electrons. The zero-order chi connectivity index (χ0) is 17.9.